The number of nitrogens with one attached hydrogen (secondary N) is 2. The van der Waals surface area contributed by atoms with Gasteiger partial charge in [0.1, 0.15) is 0 Å². The zero-order valence-electron chi connectivity index (χ0n) is 11.6. The van der Waals surface area contributed by atoms with Crippen molar-refractivity contribution in [1.82, 2.24) is 10.6 Å². The number of aliphatic carboxylic acids is 1. The molecule has 2 aliphatic carbocycles. The summed E-state index contributed by atoms with van der Waals surface area (Å²) in [6.45, 7) is 2.27. The second kappa shape index (κ2) is 5.39. The van der Waals surface area contributed by atoms with Crippen molar-refractivity contribution in [3.05, 3.63) is 0 Å². The highest BCUT2D eigenvalue weighted by Crippen LogP contribution is 2.36. The third kappa shape index (κ3) is 3.19. The van der Waals surface area contributed by atoms with Crippen LogP contribution in [-0.2, 0) is 4.79 Å². The van der Waals surface area contributed by atoms with Gasteiger partial charge in [0, 0.05) is 12.1 Å². The predicted molar refractivity (Wildman–Crippen MR) is 71.9 cm³/mol. The third-order valence-electron chi connectivity index (χ3n) is 4.72. The van der Waals surface area contributed by atoms with Gasteiger partial charge in [-0.2, -0.15) is 0 Å². The Hall–Kier alpha value is -1.26. The fourth-order valence-electron chi connectivity index (χ4n) is 3.09. The lowest BCUT2D eigenvalue weighted by molar-refractivity contribution is -0.150. The molecule has 0 unspecified atom stereocenters. The molecule has 0 bridgehead atoms. The van der Waals surface area contributed by atoms with Crippen molar-refractivity contribution in [2.24, 2.45) is 5.41 Å². The molecule has 5 heteroatoms. The van der Waals surface area contributed by atoms with Crippen molar-refractivity contribution in [3.8, 4) is 0 Å². The Morgan fingerprint density at radius 3 is 2.16 bits per heavy atom. The molecule has 5 nitrogen and oxygen atoms in total. The van der Waals surface area contributed by atoms with Gasteiger partial charge in [0.25, 0.3) is 0 Å². The summed E-state index contributed by atoms with van der Waals surface area (Å²) in [7, 11) is 0. The normalized spacial score (nSPS) is 24.1. The van der Waals surface area contributed by atoms with Gasteiger partial charge in [-0.1, -0.05) is 19.3 Å². The lowest BCUT2D eigenvalue weighted by Crippen LogP contribution is -2.56. The first kappa shape index (κ1) is 14.2. The summed E-state index contributed by atoms with van der Waals surface area (Å²) in [5, 5.41) is 15.1. The van der Waals surface area contributed by atoms with Crippen LogP contribution in [0.2, 0.25) is 0 Å². The second-order valence-corrected chi connectivity index (χ2v) is 6.37. The van der Waals surface area contributed by atoms with E-state index in [2.05, 4.69) is 10.6 Å². The number of carboxylic acid groups (broad SMARTS) is 1. The zero-order valence-corrected chi connectivity index (χ0v) is 11.6. The molecule has 0 saturated heterocycles. The highest BCUT2D eigenvalue weighted by molar-refractivity contribution is 5.78. The van der Waals surface area contributed by atoms with Crippen LogP contribution in [0.25, 0.3) is 0 Å². The van der Waals surface area contributed by atoms with Crippen molar-refractivity contribution < 1.29 is 14.7 Å². The fraction of sp³-hybridized carbons (Fsp3) is 0.857. The number of urea groups is 1. The molecule has 0 aromatic heterocycles. The number of carbonyl (C=O) groups is 2. The van der Waals surface area contributed by atoms with Gasteiger partial charge in [-0.05, 0) is 39.0 Å². The summed E-state index contributed by atoms with van der Waals surface area (Å²) in [4.78, 5) is 23.3. The fourth-order valence-corrected chi connectivity index (χ4v) is 3.09. The van der Waals surface area contributed by atoms with E-state index in [0.717, 1.165) is 38.5 Å². The van der Waals surface area contributed by atoms with Crippen molar-refractivity contribution in [3.63, 3.8) is 0 Å². The van der Waals surface area contributed by atoms with Gasteiger partial charge in [0.05, 0.1) is 5.41 Å². The number of carbonyl (C=O) groups excluding carboxylic acids is 1. The van der Waals surface area contributed by atoms with Gasteiger partial charge in [0.2, 0.25) is 0 Å². The third-order valence-corrected chi connectivity index (χ3v) is 4.72. The van der Waals surface area contributed by atoms with Gasteiger partial charge in [-0.3, -0.25) is 4.79 Å². The minimum Gasteiger partial charge on any atom is -0.481 e. The predicted octanol–water partition coefficient (Wildman–Crippen LogP) is 2.26. The van der Waals surface area contributed by atoms with E-state index in [1.807, 2.05) is 6.92 Å². The van der Waals surface area contributed by atoms with E-state index < -0.39 is 11.4 Å². The van der Waals surface area contributed by atoms with E-state index in [9.17, 15) is 14.7 Å². The standard InChI is InChI=1S/C14H24N2O3/c1-13(6-5-7-13)16-12(19)15-10-14(11(17)18)8-3-2-4-9-14/h2-10H2,1H3,(H,17,18)(H2,15,16,19). The van der Waals surface area contributed by atoms with Crippen LogP contribution in [0.15, 0.2) is 0 Å². The molecule has 2 aliphatic rings. The summed E-state index contributed by atoms with van der Waals surface area (Å²) in [5.41, 5.74) is -0.844. The van der Waals surface area contributed by atoms with Crippen molar-refractivity contribution in [2.75, 3.05) is 6.54 Å². The molecule has 3 N–H and O–H groups in total. The van der Waals surface area contributed by atoms with Gasteiger partial charge in [-0.15, -0.1) is 0 Å². The molecule has 0 aliphatic heterocycles. The van der Waals surface area contributed by atoms with Crippen LogP contribution < -0.4 is 10.6 Å². The Morgan fingerprint density at radius 1 is 1.05 bits per heavy atom. The molecule has 2 fully saturated rings. The molecule has 2 amide bonds. The molecule has 0 aromatic carbocycles. The minimum absolute atomic E-state index is 0.0902. The SMILES string of the molecule is CC1(NC(=O)NCC2(C(=O)O)CCCCC2)CCC1. The number of hydrogen-bond donors (Lipinski definition) is 3. The molecule has 2 rings (SSSR count). The number of amides is 2. The summed E-state index contributed by atoms with van der Waals surface area (Å²) in [6, 6.07) is -0.228. The molecule has 0 radical (unpaired) electrons. The zero-order chi connectivity index (χ0) is 13.9. The van der Waals surface area contributed by atoms with Crippen LogP contribution in [-0.4, -0.2) is 29.2 Å². The van der Waals surface area contributed by atoms with Gasteiger partial charge in [0.15, 0.2) is 0 Å². The quantitative estimate of drug-likeness (QED) is 0.731. The topological polar surface area (TPSA) is 78.4 Å². The largest absolute Gasteiger partial charge is 0.481 e. The van der Waals surface area contributed by atoms with E-state index in [1.54, 1.807) is 0 Å². The first-order valence-corrected chi connectivity index (χ1v) is 7.25. The van der Waals surface area contributed by atoms with Crippen LogP contribution in [0.3, 0.4) is 0 Å². The first-order valence-electron chi connectivity index (χ1n) is 7.25. The molecular formula is C14H24N2O3. The van der Waals surface area contributed by atoms with Crippen LogP contribution in [0.1, 0.15) is 58.3 Å². The number of carboxylic acids is 1. The molecule has 2 saturated carbocycles. The van der Waals surface area contributed by atoms with Crippen LogP contribution in [0, 0.1) is 5.41 Å². The molecule has 0 atom stereocenters. The summed E-state index contributed by atoms with van der Waals surface area (Å²) in [6.07, 6.45) is 7.46. The van der Waals surface area contributed by atoms with Crippen molar-refractivity contribution in [1.29, 1.82) is 0 Å². The van der Waals surface area contributed by atoms with Crippen molar-refractivity contribution >= 4 is 12.0 Å². The van der Waals surface area contributed by atoms with E-state index in [1.165, 1.54) is 0 Å². The lowest BCUT2D eigenvalue weighted by atomic mass is 9.74. The van der Waals surface area contributed by atoms with E-state index in [0.29, 0.717) is 12.8 Å². The second-order valence-electron chi connectivity index (χ2n) is 6.37. The highest BCUT2D eigenvalue weighted by atomic mass is 16.4. The molecule has 0 aromatic rings. The number of rotatable bonds is 4. The minimum atomic E-state index is -0.776. The average Bonchev–Trinajstić information content (AvgIpc) is 2.35. The highest BCUT2D eigenvalue weighted by Gasteiger charge is 2.40. The van der Waals surface area contributed by atoms with Gasteiger partial charge in [-0.25, -0.2) is 4.79 Å². The van der Waals surface area contributed by atoms with E-state index in [4.69, 9.17) is 0 Å². The Bertz CT molecular complexity index is 358. The summed E-state index contributed by atoms with van der Waals surface area (Å²) >= 11 is 0. The first-order chi connectivity index (χ1) is 8.96. The Kier molecular flexibility index (Phi) is 4.02. The Labute approximate surface area is 114 Å². The molecule has 0 spiro atoms. The monoisotopic (exact) mass is 268 g/mol. The Balaban J connectivity index is 1.84. The lowest BCUT2D eigenvalue weighted by Gasteiger charge is -2.39. The average molecular weight is 268 g/mol. The smallest absolute Gasteiger partial charge is 0.315 e. The number of hydrogen-bond acceptors (Lipinski definition) is 2. The van der Waals surface area contributed by atoms with E-state index >= 15 is 0 Å². The molecule has 19 heavy (non-hydrogen) atoms. The summed E-state index contributed by atoms with van der Waals surface area (Å²) < 4.78 is 0. The Morgan fingerprint density at radius 2 is 1.68 bits per heavy atom. The molecule has 108 valence electrons. The maximum Gasteiger partial charge on any atom is 0.315 e. The van der Waals surface area contributed by atoms with Gasteiger partial charge < -0.3 is 15.7 Å². The van der Waals surface area contributed by atoms with Crippen LogP contribution in [0.5, 0.6) is 0 Å². The van der Waals surface area contributed by atoms with E-state index in [-0.39, 0.29) is 18.1 Å². The van der Waals surface area contributed by atoms with Crippen LogP contribution >= 0.6 is 0 Å². The molecule has 0 heterocycles. The molecular weight excluding hydrogens is 244 g/mol. The van der Waals surface area contributed by atoms with Gasteiger partial charge >= 0.3 is 12.0 Å². The summed E-state index contributed by atoms with van der Waals surface area (Å²) in [5.74, 6) is -0.776. The maximum absolute atomic E-state index is 11.8. The van der Waals surface area contributed by atoms with Crippen LogP contribution in [0.4, 0.5) is 4.79 Å². The van der Waals surface area contributed by atoms with Crippen molar-refractivity contribution in [2.45, 2.75) is 63.8 Å². The maximum atomic E-state index is 11.8.